The van der Waals surface area contributed by atoms with Crippen molar-refractivity contribution in [2.45, 2.75) is 18.2 Å². The maximum absolute atomic E-state index is 13.6. The Morgan fingerprint density at radius 2 is 1.81 bits per heavy atom. The van der Waals surface area contributed by atoms with Gasteiger partial charge >= 0.3 is 0 Å². The van der Waals surface area contributed by atoms with Gasteiger partial charge in [-0.1, -0.05) is 59.8 Å². The molecule has 8 heteroatoms. The summed E-state index contributed by atoms with van der Waals surface area (Å²) in [6.07, 6.45) is -0.0143. The normalized spacial score (nSPS) is 17.1. The smallest absolute Gasteiger partial charge is 0.242 e. The van der Waals surface area contributed by atoms with Crippen molar-refractivity contribution < 1.29 is 14.0 Å². The van der Waals surface area contributed by atoms with Gasteiger partial charge in [-0.25, -0.2) is 9.38 Å². The van der Waals surface area contributed by atoms with Crippen LogP contribution in [-0.4, -0.2) is 27.1 Å². The molecule has 0 spiro atoms. The predicted octanol–water partition coefficient (Wildman–Crippen LogP) is 5.64. The second-order valence-electron chi connectivity index (χ2n) is 7.15. The number of benzene rings is 3. The van der Waals surface area contributed by atoms with Crippen LogP contribution in [0, 0.1) is 5.82 Å². The van der Waals surface area contributed by atoms with Crippen molar-refractivity contribution in [3.05, 3.63) is 95.3 Å². The van der Waals surface area contributed by atoms with Crippen molar-refractivity contribution in [3.63, 3.8) is 0 Å². The Morgan fingerprint density at radius 3 is 2.53 bits per heavy atom. The van der Waals surface area contributed by atoms with Gasteiger partial charge in [0.05, 0.1) is 12.2 Å². The van der Waals surface area contributed by atoms with Gasteiger partial charge in [0.25, 0.3) is 0 Å². The van der Waals surface area contributed by atoms with Gasteiger partial charge in [-0.2, -0.15) is 0 Å². The topological polar surface area (TPSA) is 61.8 Å². The molecule has 162 valence electrons. The molecule has 1 aliphatic rings. The molecule has 0 radical (unpaired) electrons. The number of carbonyl (C=O) groups excluding carboxylic acids is 2. The van der Waals surface area contributed by atoms with Crippen molar-refractivity contribution in [1.29, 1.82) is 0 Å². The number of carbonyl (C=O) groups is 2. The van der Waals surface area contributed by atoms with Gasteiger partial charge in [0.1, 0.15) is 11.1 Å². The molecule has 3 aromatic rings. The van der Waals surface area contributed by atoms with Gasteiger partial charge in [0.15, 0.2) is 5.17 Å². The number of amides is 2. The van der Waals surface area contributed by atoms with E-state index in [2.05, 4.69) is 10.3 Å². The highest BCUT2D eigenvalue weighted by atomic mass is 35.5. The molecule has 1 aliphatic heterocycles. The summed E-state index contributed by atoms with van der Waals surface area (Å²) in [7, 11) is 0. The monoisotopic (exact) mass is 467 g/mol. The van der Waals surface area contributed by atoms with Crippen LogP contribution in [0.4, 0.5) is 15.8 Å². The van der Waals surface area contributed by atoms with Crippen LogP contribution in [0.15, 0.2) is 83.9 Å². The molecular weight excluding hydrogens is 449 g/mol. The predicted molar refractivity (Wildman–Crippen MR) is 127 cm³/mol. The Morgan fingerprint density at radius 1 is 1.06 bits per heavy atom. The third kappa shape index (κ3) is 5.55. The quantitative estimate of drug-likeness (QED) is 0.510. The van der Waals surface area contributed by atoms with Crippen molar-refractivity contribution in [2.24, 2.45) is 4.99 Å². The SMILES string of the molecule is O=C(CC1SC(=Nc2cccc(F)c2)N(Cc2ccccc2)C1=O)Nc1ccc(Cl)cc1. The van der Waals surface area contributed by atoms with E-state index in [0.29, 0.717) is 28.1 Å². The largest absolute Gasteiger partial charge is 0.326 e. The lowest BCUT2D eigenvalue weighted by molar-refractivity contribution is -0.128. The molecular formula is C24H19ClFN3O2S. The van der Waals surface area contributed by atoms with Crippen molar-refractivity contribution >= 4 is 51.7 Å². The van der Waals surface area contributed by atoms with E-state index < -0.39 is 11.1 Å². The summed E-state index contributed by atoms with van der Waals surface area (Å²) >= 11 is 7.09. The van der Waals surface area contributed by atoms with Gasteiger partial charge in [0.2, 0.25) is 11.8 Å². The van der Waals surface area contributed by atoms with Crippen LogP contribution < -0.4 is 5.32 Å². The molecule has 1 atom stereocenters. The number of nitrogens with zero attached hydrogens (tertiary/aromatic N) is 2. The minimum atomic E-state index is -0.627. The van der Waals surface area contributed by atoms with E-state index in [-0.39, 0.29) is 18.2 Å². The van der Waals surface area contributed by atoms with Crippen LogP contribution in [0.1, 0.15) is 12.0 Å². The number of hydrogen-bond acceptors (Lipinski definition) is 4. The lowest BCUT2D eigenvalue weighted by Crippen LogP contribution is -2.33. The summed E-state index contributed by atoms with van der Waals surface area (Å²) in [5.41, 5.74) is 1.94. The number of thioether (sulfide) groups is 1. The number of aliphatic imine (C=N–C) groups is 1. The number of rotatable bonds is 6. The number of anilines is 1. The minimum Gasteiger partial charge on any atom is -0.326 e. The van der Waals surface area contributed by atoms with Crippen molar-refractivity contribution in [3.8, 4) is 0 Å². The van der Waals surface area contributed by atoms with Gasteiger partial charge < -0.3 is 5.32 Å². The van der Waals surface area contributed by atoms with E-state index in [1.165, 1.54) is 23.9 Å². The Bertz CT molecular complexity index is 1160. The van der Waals surface area contributed by atoms with Gasteiger partial charge in [-0.15, -0.1) is 0 Å². The molecule has 1 saturated heterocycles. The molecule has 1 fully saturated rings. The molecule has 4 rings (SSSR count). The van der Waals surface area contributed by atoms with E-state index in [1.54, 1.807) is 41.3 Å². The van der Waals surface area contributed by atoms with Crippen LogP contribution in [-0.2, 0) is 16.1 Å². The lowest BCUT2D eigenvalue weighted by Gasteiger charge is -2.16. The maximum atomic E-state index is 13.6. The highest BCUT2D eigenvalue weighted by Gasteiger charge is 2.39. The molecule has 0 saturated carbocycles. The molecule has 1 heterocycles. The zero-order valence-electron chi connectivity index (χ0n) is 16.9. The number of nitrogens with one attached hydrogen (secondary N) is 1. The van der Waals surface area contributed by atoms with Crippen LogP contribution in [0.2, 0.25) is 5.02 Å². The van der Waals surface area contributed by atoms with Crippen LogP contribution >= 0.6 is 23.4 Å². The number of amidine groups is 1. The third-order valence-corrected chi connectivity index (χ3v) is 6.16. The summed E-state index contributed by atoms with van der Waals surface area (Å²) in [6, 6.07) is 22.1. The Labute approximate surface area is 194 Å². The first kappa shape index (κ1) is 22.0. The van der Waals surface area contributed by atoms with Crippen molar-refractivity contribution in [2.75, 3.05) is 5.32 Å². The molecule has 0 aromatic heterocycles. The molecule has 2 amide bonds. The molecule has 5 nitrogen and oxygen atoms in total. The fourth-order valence-electron chi connectivity index (χ4n) is 3.21. The molecule has 1 unspecified atom stereocenters. The fraction of sp³-hybridized carbons (Fsp3) is 0.125. The molecule has 3 aromatic carbocycles. The number of halogens is 2. The maximum Gasteiger partial charge on any atom is 0.242 e. The number of hydrogen-bond donors (Lipinski definition) is 1. The van der Waals surface area contributed by atoms with Crippen LogP contribution in [0.25, 0.3) is 0 Å². The van der Waals surface area contributed by atoms with Crippen molar-refractivity contribution in [1.82, 2.24) is 4.90 Å². The first-order valence-electron chi connectivity index (χ1n) is 9.89. The van der Waals surface area contributed by atoms with Crippen LogP contribution in [0.3, 0.4) is 0 Å². The van der Waals surface area contributed by atoms with E-state index in [0.717, 1.165) is 5.56 Å². The lowest BCUT2D eigenvalue weighted by atomic mass is 10.2. The molecule has 32 heavy (non-hydrogen) atoms. The van der Waals surface area contributed by atoms with Crippen LogP contribution in [0.5, 0.6) is 0 Å². The Hall–Kier alpha value is -3.16. The molecule has 0 aliphatic carbocycles. The average molecular weight is 468 g/mol. The van der Waals surface area contributed by atoms with Gasteiger partial charge in [0, 0.05) is 17.1 Å². The standard InChI is InChI=1S/C24H19ClFN3O2S/c25-17-9-11-19(12-10-17)27-22(30)14-21-23(31)29(15-16-5-2-1-3-6-16)24(32-21)28-20-8-4-7-18(26)13-20/h1-13,21H,14-15H2,(H,27,30). The summed E-state index contributed by atoms with van der Waals surface area (Å²) in [6.45, 7) is 0.316. The van der Waals surface area contributed by atoms with Gasteiger partial charge in [-0.05, 0) is 48.0 Å². The van der Waals surface area contributed by atoms with Gasteiger partial charge in [-0.3, -0.25) is 14.5 Å². The highest BCUT2D eigenvalue weighted by Crippen LogP contribution is 2.33. The zero-order chi connectivity index (χ0) is 22.5. The van der Waals surface area contributed by atoms with E-state index in [9.17, 15) is 14.0 Å². The molecule has 1 N–H and O–H groups in total. The summed E-state index contributed by atoms with van der Waals surface area (Å²) in [5, 5.41) is 3.16. The molecule has 0 bridgehead atoms. The fourth-order valence-corrected chi connectivity index (χ4v) is 4.49. The highest BCUT2D eigenvalue weighted by molar-refractivity contribution is 8.15. The second kappa shape index (κ2) is 9.97. The second-order valence-corrected chi connectivity index (χ2v) is 8.76. The minimum absolute atomic E-state index is 0.0143. The average Bonchev–Trinajstić information content (AvgIpc) is 3.05. The van der Waals surface area contributed by atoms with E-state index in [4.69, 9.17) is 11.6 Å². The first-order chi connectivity index (χ1) is 15.5. The summed E-state index contributed by atoms with van der Waals surface area (Å²) in [5.74, 6) is -0.903. The first-order valence-corrected chi connectivity index (χ1v) is 11.2. The third-order valence-electron chi connectivity index (χ3n) is 4.74. The van der Waals surface area contributed by atoms with E-state index in [1.807, 2.05) is 30.3 Å². The Balaban J connectivity index is 1.54. The van der Waals surface area contributed by atoms with E-state index >= 15 is 0 Å². The zero-order valence-corrected chi connectivity index (χ0v) is 18.4. The Kier molecular flexibility index (Phi) is 6.87. The summed E-state index contributed by atoms with van der Waals surface area (Å²) < 4.78 is 13.6. The summed E-state index contributed by atoms with van der Waals surface area (Å²) in [4.78, 5) is 31.8.